The molecule has 7 heteroatoms. The molecule has 0 atom stereocenters. The number of imide groups is 1. The van der Waals surface area contributed by atoms with Crippen molar-refractivity contribution in [1.82, 2.24) is 0 Å². The van der Waals surface area contributed by atoms with Gasteiger partial charge in [0.1, 0.15) is 16.5 Å². The molecule has 2 aromatic carbocycles. The number of carbonyl (C=O) groups excluding carboxylic acids is 2. The molecule has 116 valence electrons. The van der Waals surface area contributed by atoms with Gasteiger partial charge in [0.15, 0.2) is 0 Å². The van der Waals surface area contributed by atoms with Crippen molar-refractivity contribution in [2.75, 3.05) is 10.2 Å². The van der Waals surface area contributed by atoms with Crippen molar-refractivity contribution >= 4 is 50.7 Å². The van der Waals surface area contributed by atoms with Gasteiger partial charge in [-0.25, -0.2) is 9.29 Å². The number of anilines is 2. The fraction of sp³-hybridized carbons (Fsp3) is 0. The molecular formula is C16H9BrClFN2O2. The largest absolute Gasteiger partial charge is 0.350 e. The Bertz CT molecular complexity index is 819. The molecule has 0 spiro atoms. The molecule has 0 aliphatic carbocycles. The van der Waals surface area contributed by atoms with Gasteiger partial charge in [-0.05, 0) is 48.5 Å². The summed E-state index contributed by atoms with van der Waals surface area (Å²) >= 11 is 9.29. The maximum Gasteiger partial charge on any atom is 0.283 e. The maximum absolute atomic E-state index is 12.9. The van der Waals surface area contributed by atoms with Crippen molar-refractivity contribution < 1.29 is 14.0 Å². The Morgan fingerprint density at radius 3 is 2.17 bits per heavy atom. The van der Waals surface area contributed by atoms with Crippen LogP contribution in [0.1, 0.15) is 0 Å². The highest BCUT2D eigenvalue weighted by molar-refractivity contribution is 9.10. The van der Waals surface area contributed by atoms with Crippen molar-refractivity contribution in [3.8, 4) is 0 Å². The predicted molar refractivity (Wildman–Crippen MR) is 89.5 cm³/mol. The van der Waals surface area contributed by atoms with Gasteiger partial charge in [-0.1, -0.05) is 27.5 Å². The lowest BCUT2D eigenvalue weighted by molar-refractivity contribution is -0.120. The molecule has 23 heavy (non-hydrogen) atoms. The Morgan fingerprint density at radius 2 is 1.57 bits per heavy atom. The number of benzene rings is 2. The van der Waals surface area contributed by atoms with E-state index >= 15 is 0 Å². The van der Waals surface area contributed by atoms with Gasteiger partial charge in [-0.3, -0.25) is 9.59 Å². The minimum absolute atomic E-state index is 0.0359. The lowest BCUT2D eigenvalue weighted by Crippen LogP contribution is -2.32. The van der Waals surface area contributed by atoms with Crippen molar-refractivity contribution in [1.29, 1.82) is 0 Å². The highest BCUT2D eigenvalue weighted by Gasteiger charge is 2.38. The van der Waals surface area contributed by atoms with Gasteiger partial charge in [0, 0.05) is 10.2 Å². The van der Waals surface area contributed by atoms with Crippen LogP contribution < -0.4 is 10.2 Å². The molecule has 0 aromatic heterocycles. The van der Waals surface area contributed by atoms with E-state index in [1.54, 1.807) is 24.3 Å². The quantitative estimate of drug-likeness (QED) is 0.799. The monoisotopic (exact) mass is 394 g/mol. The summed E-state index contributed by atoms with van der Waals surface area (Å²) in [5, 5.41) is 2.56. The number of rotatable bonds is 3. The van der Waals surface area contributed by atoms with E-state index in [1.807, 2.05) is 0 Å². The van der Waals surface area contributed by atoms with Gasteiger partial charge in [0.25, 0.3) is 11.8 Å². The van der Waals surface area contributed by atoms with Gasteiger partial charge in [-0.15, -0.1) is 0 Å². The third-order valence-corrected chi connectivity index (χ3v) is 4.11. The standard InChI is InChI=1S/C16H9BrClFN2O2/c17-9-1-7-12(8-2-9)21-15(22)13(18)14(16(21)23)20-11-5-3-10(19)4-6-11/h1-8,20H. The minimum Gasteiger partial charge on any atom is -0.350 e. The molecule has 1 heterocycles. The number of nitrogens with one attached hydrogen (secondary N) is 1. The Morgan fingerprint density at radius 1 is 0.957 bits per heavy atom. The van der Waals surface area contributed by atoms with E-state index in [2.05, 4.69) is 21.2 Å². The van der Waals surface area contributed by atoms with Crippen LogP contribution in [0.2, 0.25) is 0 Å². The molecule has 3 rings (SSSR count). The molecule has 1 N–H and O–H groups in total. The summed E-state index contributed by atoms with van der Waals surface area (Å²) in [7, 11) is 0. The zero-order valence-corrected chi connectivity index (χ0v) is 13.9. The lowest BCUT2D eigenvalue weighted by atomic mass is 10.3. The van der Waals surface area contributed by atoms with Crippen LogP contribution in [0.5, 0.6) is 0 Å². The van der Waals surface area contributed by atoms with Crippen LogP contribution in [0.4, 0.5) is 15.8 Å². The van der Waals surface area contributed by atoms with Crippen LogP contribution >= 0.6 is 27.5 Å². The molecule has 0 fully saturated rings. The SMILES string of the molecule is O=C1C(Cl)=C(Nc2ccc(F)cc2)C(=O)N1c1ccc(Br)cc1. The molecule has 2 amide bonds. The highest BCUT2D eigenvalue weighted by atomic mass is 79.9. The number of halogens is 3. The molecule has 0 saturated carbocycles. The zero-order valence-electron chi connectivity index (χ0n) is 11.5. The van der Waals surface area contributed by atoms with E-state index in [9.17, 15) is 14.0 Å². The Labute approximate surface area is 144 Å². The number of hydrogen-bond donors (Lipinski definition) is 1. The second-order valence-electron chi connectivity index (χ2n) is 4.74. The summed E-state index contributed by atoms with van der Waals surface area (Å²) in [6.45, 7) is 0. The maximum atomic E-state index is 12.9. The lowest BCUT2D eigenvalue weighted by Gasteiger charge is -2.15. The van der Waals surface area contributed by atoms with Crippen molar-refractivity contribution in [3.63, 3.8) is 0 Å². The van der Waals surface area contributed by atoms with Gasteiger partial charge < -0.3 is 5.32 Å². The van der Waals surface area contributed by atoms with E-state index in [1.165, 1.54) is 24.3 Å². The minimum atomic E-state index is -0.608. The van der Waals surface area contributed by atoms with E-state index in [-0.39, 0.29) is 10.7 Å². The second-order valence-corrected chi connectivity index (χ2v) is 6.04. The van der Waals surface area contributed by atoms with Crippen LogP contribution in [0, 0.1) is 5.82 Å². The fourth-order valence-corrected chi connectivity index (χ4v) is 2.59. The zero-order chi connectivity index (χ0) is 16.6. The Balaban J connectivity index is 1.90. The van der Waals surface area contributed by atoms with Crippen LogP contribution in [0.25, 0.3) is 0 Å². The van der Waals surface area contributed by atoms with E-state index in [0.717, 1.165) is 9.37 Å². The normalized spacial score (nSPS) is 14.7. The summed E-state index contributed by atoms with van der Waals surface area (Å²) in [6.07, 6.45) is 0. The summed E-state index contributed by atoms with van der Waals surface area (Å²) in [5.41, 5.74) is 0.835. The van der Waals surface area contributed by atoms with Crippen molar-refractivity contribution in [2.24, 2.45) is 0 Å². The number of hydrogen-bond acceptors (Lipinski definition) is 3. The third-order valence-electron chi connectivity index (χ3n) is 3.23. The van der Waals surface area contributed by atoms with Crippen molar-refractivity contribution in [3.05, 3.63) is 69.6 Å². The average molecular weight is 396 g/mol. The first-order valence-corrected chi connectivity index (χ1v) is 7.71. The van der Waals surface area contributed by atoms with Crippen LogP contribution in [0.3, 0.4) is 0 Å². The molecule has 1 aliphatic heterocycles. The molecule has 2 aromatic rings. The number of amides is 2. The first-order valence-electron chi connectivity index (χ1n) is 6.54. The first-order chi connectivity index (χ1) is 11.0. The smallest absolute Gasteiger partial charge is 0.283 e. The third kappa shape index (κ3) is 3.00. The molecule has 0 bridgehead atoms. The van der Waals surface area contributed by atoms with E-state index in [4.69, 9.17) is 11.6 Å². The highest BCUT2D eigenvalue weighted by Crippen LogP contribution is 2.30. The molecule has 0 saturated heterocycles. The van der Waals surface area contributed by atoms with Crippen LogP contribution in [0.15, 0.2) is 63.7 Å². The summed E-state index contributed by atoms with van der Waals surface area (Å²) in [6, 6.07) is 12.1. The van der Waals surface area contributed by atoms with Gasteiger partial charge in [0.2, 0.25) is 0 Å². The molecule has 0 unspecified atom stereocenters. The number of carbonyl (C=O) groups is 2. The number of nitrogens with zero attached hydrogens (tertiary/aromatic N) is 1. The van der Waals surface area contributed by atoms with E-state index in [0.29, 0.717) is 11.4 Å². The van der Waals surface area contributed by atoms with Gasteiger partial charge in [-0.2, -0.15) is 0 Å². The van der Waals surface area contributed by atoms with Crippen LogP contribution in [-0.4, -0.2) is 11.8 Å². The topological polar surface area (TPSA) is 49.4 Å². The van der Waals surface area contributed by atoms with Crippen LogP contribution in [-0.2, 0) is 9.59 Å². The molecule has 0 radical (unpaired) electrons. The fourth-order valence-electron chi connectivity index (χ4n) is 2.11. The molecule has 4 nitrogen and oxygen atoms in total. The summed E-state index contributed by atoms with van der Waals surface area (Å²) in [5.74, 6) is -1.57. The first kappa shape index (κ1) is 15.7. The molecule has 1 aliphatic rings. The average Bonchev–Trinajstić information content (AvgIpc) is 2.74. The summed E-state index contributed by atoms with van der Waals surface area (Å²) < 4.78 is 13.8. The Hall–Kier alpha value is -2.18. The Kier molecular flexibility index (Phi) is 4.19. The second kappa shape index (κ2) is 6.14. The van der Waals surface area contributed by atoms with Gasteiger partial charge in [0.05, 0.1) is 5.69 Å². The molecular weight excluding hydrogens is 387 g/mol. The van der Waals surface area contributed by atoms with E-state index < -0.39 is 17.6 Å². The van der Waals surface area contributed by atoms with Gasteiger partial charge >= 0.3 is 0 Å². The van der Waals surface area contributed by atoms with Crippen molar-refractivity contribution in [2.45, 2.75) is 0 Å². The summed E-state index contributed by atoms with van der Waals surface area (Å²) in [4.78, 5) is 25.7. The predicted octanol–water partition coefficient (Wildman–Crippen LogP) is 4.02.